The van der Waals surface area contributed by atoms with Crippen molar-refractivity contribution in [2.24, 2.45) is 4.99 Å². The highest BCUT2D eigenvalue weighted by molar-refractivity contribution is 5.79. The van der Waals surface area contributed by atoms with E-state index in [1.807, 2.05) is 0 Å². The van der Waals surface area contributed by atoms with E-state index in [1.54, 1.807) is 7.05 Å². The first-order valence-electron chi connectivity index (χ1n) is 10.1. The van der Waals surface area contributed by atoms with Crippen LogP contribution in [0.15, 0.2) is 29.3 Å². The predicted octanol–water partition coefficient (Wildman–Crippen LogP) is 2.86. The van der Waals surface area contributed by atoms with Gasteiger partial charge in [0.1, 0.15) is 0 Å². The Balaban J connectivity index is 1.62. The lowest BCUT2D eigenvalue weighted by atomic mass is 10.1. The molecular formula is C21H35N3O3. The van der Waals surface area contributed by atoms with Gasteiger partial charge in [-0.2, -0.15) is 0 Å². The fourth-order valence-corrected chi connectivity index (χ4v) is 2.97. The van der Waals surface area contributed by atoms with Crippen LogP contribution in [0.1, 0.15) is 43.7 Å². The van der Waals surface area contributed by atoms with Crippen LogP contribution in [-0.2, 0) is 27.4 Å². The quantitative estimate of drug-likeness (QED) is 0.333. The van der Waals surface area contributed by atoms with Crippen molar-refractivity contribution in [3.63, 3.8) is 0 Å². The molecule has 2 N–H and O–H groups in total. The summed E-state index contributed by atoms with van der Waals surface area (Å²) >= 11 is 0. The van der Waals surface area contributed by atoms with Gasteiger partial charge in [0, 0.05) is 40.0 Å². The molecule has 6 nitrogen and oxygen atoms in total. The van der Waals surface area contributed by atoms with E-state index in [4.69, 9.17) is 14.2 Å². The Morgan fingerprint density at radius 1 is 1.19 bits per heavy atom. The van der Waals surface area contributed by atoms with Crippen LogP contribution in [0.5, 0.6) is 0 Å². The maximum atomic E-state index is 5.69. The van der Waals surface area contributed by atoms with Gasteiger partial charge in [0.25, 0.3) is 0 Å². The van der Waals surface area contributed by atoms with Gasteiger partial charge < -0.3 is 24.8 Å². The van der Waals surface area contributed by atoms with E-state index in [9.17, 15) is 0 Å². The van der Waals surface area contributed by atoms with Crippen LogP contribution in [-0.4, -0.2) is 52.1 Å². The SMILES string of the molecule is CCCOCc1ccccc1CNC(=NC)NCCCOCC1CCCO1. The number of nitrogens with zero attached hydrogens (tertiary/aromatic N) is 1. The van der Waals surface area contributed by atoms with Crippen LogP contribution < -0.4 is 10.6 Å². The zero-order chi connectivity index (χ0) is 19.2. The molecule has 1 fully saturated rings. The Hall–Kier alpha value is -1.63. The van der Waals surface area contributed by atoms with Crippen molar-refractivity contribution in [1.82, 2.24) is 10.6 Å². The largest absolute Gasteiger partial charge is 0.379 e. The number of benzene rings is 1. The molecule has 27 heavy (non-hydrogen) atoms. The Morgan fingerprint density at radius 3 is 2.78 bits per heavy atom. The summed E-state index contributed by atoms with van der Waals surface area (Å²) in [5.41, 5.74) is 2.45. The van der Waals surface area contributed by atoms with Crippen LogP contribution in [0.3, 0.4) is 0 Å². The highest BCUT2D eigenvalue weighted by Crippen LogP contribution is 2.12. The second-order valence-electron chi connectivity index (χ2n) is 6.74. The molecule has 6 heteroatoms. The first-order chi connectivity index (χ1) is 13.3. The van der Waals surface area contributed by atoms with Gasteiger partial charge in [-0.15, -0.1) is 0 Å². The molecule has 1 saturated heterocycles. The minimum absolute atomic E-state index is 0.300. The Kier molecular flexibility index (Phi) is 10.9. The van der Waals surface area contributed by atoms with Crippen LogP contribution >= 0.6 is 0 Å². The number of rotatable bonds is 12. The molecule has 1 aliphatic heterocycles. The van der Waals surface area contributed by atoms with Gasteiger partial charge >= 0.3 is 0 Å². The van der Waals surface area contributed by atoms with Crippen LogP contribution in [0.25, 0.3) is 0 Å². The van der Waals surface area contributed by atoms with Gasteiger partial charge in [0.2, 0.25) is 0 Å². The number of hydrogen-bond donors (Lipinski definition) is 2. The fourth-order valence-electron chi connectivity index (χ4n) is 2.97. The van der Waals surface area contributed by atoms with Crippen molar-refractivity contribution in [3.8, 4) is 0 Å². The lowest BCUT2D eigenvalue weighted by Crippen LogP contribution is -2.37. The van der Waals surface area contributed by atoms with E-state index in [-0.39, 0.29) is 0 Å². The van der Waals surface area contributed by atoms with Gasteiger partial charge in [0.05, 0.1) is 19.3 Å². The summed E-state index contributed by atoms with van der Waals surface area (Å²) < 4.78 is 16.9. The summed E-state index contributed by atoms with van der Waals surface area (Å²) in [6.45, 7) is 7.44. The van der Waals surface area contributed by atoms with Crippen molar-refractivity contribution in [1.29, 1.82) is 0 Å². The third-order valence-electron chi connectivity index (χ3n) is 4.48. The molecule has 0 amide bonds. The van der Waals surface area contributed by atoms with Gasteiger partial charge in [-0.25, -0.2) is 0 Å². The van der Waals surface area contributed by atoms with Crippen molar-refractivity contribution >= 4 is 5.96 Å². The van der Waals surface area contributed by atoms with Crippen molar-refractivity contribution in [2.75, 3.05) is 40.0 Å². The highest BCUT2D eigenvalue weighted by Gasteiger charge is 2.14. The minimum Gasteiger partial charge on any atom is -0.379 e. The third kappa shape index (κ3) is 8.73. The zero-order valence-corrected chi connectivity index (χ0v) is 16.8. The lowest BCUT2D eigenvalue weighted by Gasteiger charge is -2.15. The molecule has 152 valence electrons. The van der Waals surface area contributed by atoms with E-state index in [2.05, 4.69) is 46.8 Å². The second-order valence-corrected chi connectivity index (χ2v) is 6.74. The molecule has 0 aliphatic carbocycles. The average molecular weight is 378 g/mol. The van der Waals surface area contributed by atoms with Crippen LogP contribution in [0, 0.1) is 0 Å². The summed E-state index contributed by atoms with van der Waals surface area (Å²) in [6.07, 6.45) is 4.56. The molecule has 1 aromatic rings. The molecule has 1 aromatic carbocycles. The van der Waals surface area contributed by atoms with Crippen LogP contribution in [0.4, 0.5) is 0 Å². The summed E-state index contributed by atoms with van der Waals surface area (Å²) in [4.78, 5) is 4.29. The Bertz CT molecular complexity index is 545. The molecule has 0 saturated carbocycles. The highest BCUT2D eigenvalue weighted by atomic mass is 16.5. The molecule has 1 aliphatic rings. The normalized spacial score (nSPS) is 17.3. The van der Waals surface area contributed by atoms with Gasteiger partial charge in [-0.05, 0) is 36.8 Å². The zero-order valence-electron chi connectivity index (χ0n) is 16.8. The van der Waals surface area contributed by atoms with Crippen molar-refractivity contribution in [2.45, 2.75) is 51.9 Å². The number of guanidine groups is 1. The first-order valence-corrected chi connectivity index (χ1v) is 10.1. The van der Waals surface area contributed by atoms with E-state index < -0.39 is 0 Å². The number of aliphatic imine (C=N–C) groups is 1. The Morgan fingerprint density at radius 2 is 2.04 bits per heavy atom. The molecule has 1 atom stereocenters. The fraction of sp³-hybridized carbons (Fsp3) is 0.667. The average Bonchev–Trinajstić information content (AvgIpc) is 3.21. The molecule has 0 spiro atoms. The molecule has 1 unspecified atom stereocenters. The molecule has 0 aromatic heterocycles. The summed E-state index contributed by atoms with van der Waals surface area (Å²) in [7, 11) is 1.79. The smallest absolute Gasteiger partial charge is 0.191 e. The van der Waals surface area contributed by atoms with Gasteiger partial charge in [-0.1, -0.05) is 31.2 Å². The standard InChI is InChI=1S/C21H35N3O3/c1-3-12-25-16-19-9-5-4-8-18(19)15-24-21(22-2)23-11-7-13-26-17-20-10-6-14-27-20/h4-5,8-9,20H,3,6-7,10-17H2,1-2H3,(H2,22,23,24). The second kappa shape index (κ2) is 13.5. The predicted molar refractivity (Wildman–Crippen MR) is 109 cm³/mol. The number of hydrogen-bond acceptors (Lipinski definition) is 4. The molecule has 1 heterocycles. The van der Waals surface area contributed by atoms with Gasteiger partial charge in [-0.3, -0.25) is 4.99 Å². The first kappa shape index (κ1) is 21.7. The van der Waals surface area contributed by atoms with E-state index in [0.717, 1.165) is 64.6 Å². The van der Waals surface area contributed by atoms with Crippen LogP contribution in [0.2, 0.25) is 0 Å². The van der Waals surface area contributed by atoms with Crippen molar-refractivity contribution in [3.05, 3.63) is 35.4 Å². The topological polar surface area (TPSA) is 64.1 Å². The molecule has 0 radical (unpaired) electrons. The Labute approximate surface area is 163 Å². The van der Waals surface area contributed by atoms with E-state index >= 15 is 0 Å². The maximum Gasteiger partial charge on any atom is 0.191 e. The lowest BCUT2D eigenvalue weighted by molar-refractivity contribution is 0.0168. The summed E-state index contributed by atoms with van der Waals surface area (Å²) in [5, 5.41) is 6.71. The molecule has 0 bridgehead atoms. The molecule has 2 rings (SSSR count). The number of nitrogens with one attached hydrogen (secondary N) is 2. The maximum absolute atomic E-state index is 5.69. The van der Waals surface area contributed by atoms with E-state index in [1.165, 1.54) is 11.1 Å². The van der Waals surface area contributed by atoms with Crippen molar-refractivity contribution < 1.29 is 14.2 Å². The monoisotopic (exact) mass is 377 g/mol. The number of ether oxygens (including phenoxy) is 3. The summed E-state index contributed by atoms with van der Waals surface area (Å²) in [5.74, 6) is 0.804. The van der Waals surface area contributed by atoms with Gasteiger partial charge in [0.15, 0.2) is 5.96 Å². The third-order valence-corrected chi connectivity index (χ3v) is 4.48. The minimum atomic E-state index is 0.300. The van der Waals surface area contributed by atoms with E-state index in [0.29, 0.717) is 19.3 Å². The molecular weight excluding hydrogens is 342 g/mol. The summed E-state index contributed by atoms with van der Waals surface area (Å²) in [6, 6.07) is 8.36.